The van der Waals surface area contributed by atoms with Crippen LogP contribution in [0, 0.1) is 0 Å². The molecule has 7 heteroatoms. The third-order valence-corrected chi connectivity index (χ3v) is 6.77. The summed E-state index contributed by atoms with van der Waals surface area (Å²) >= 11 is 0. The van der Waals surface area contributed by atoms with Gasteiger partial charge in [-0.15, -0.1) is 0 Å². The molecule has 2 aromatic carbocycles. The lowest BCUT2D eigenvalue weighted by Gasteiger charge is -2.25. The van der Waals surface area contributed by atoms with Crippen LogP contribution in [0.5, 0.6) is 11.5 Å². The highest BCUT2D eigenvalue weighted by molar-refractivity contribution is 5.93. The number of nitrogens with zero attached hydrogens (tertiary/aromatic N) is 2. The lowest BCUT2D eigenvalue weighted by Crippen LogP contribution is -2.21. The van der Waals surface area contributed by atoms with Crippen LogP contribution >= 0.6 is 0 Å². The Hall–Kier alpha value is -3.61. The second kappa shape index (κ2) is 11.6. The van der Waals surface area contributed by atoms with Crippen molar-refractivity contribution in [2.75, 3.05) is 12.1 Å². The van der Waals surface area contributed by atoms with Gasteiger partial charge in [-0.05, 0) is 41.0 Å². The van der Waals surface area contributed by atoms with E-state index in [1.54, 1.807) is 12.4 Å². The summed E-state index contributed by atoms with van der Waals surface area (Å²) in [5, 5.41) is 3.18. The summed E-state index contributed by atoms with van der Waals surface area (Å²) in [6.45, 7) is 8.74. The Kier molecular flexibility index (Phi) is 8.31. The number of hydrogen-bond donors (Lipinski definition) is 1. The van der Waals surface area contributed by atoms with Crippen LogP contribution < -0.4 is 14.8 Å². The van der Waals surface area contributed by atoms with Crippen molar-refractivity contribution in [3.05, 3.63) is 71.8 Å². The molecule has 2 heterocycles. The van der Waals surface area contributed by atoms with Gasteiger partial charge in [0.1, 0.15) is 6.33 Å². The number of unbranched alkanes of at least 4 members (excludes halogenated alkanes) is 2. The van der Waals surface area contributed by atoms with Gasteiger partial charge in [-0.25, -0.2) is 4.98 Å². The van der Waals surface area contributed by atoms with Crippen LogP contribution in [0.1, 0.15) is 87.2 Å². The molecule has 3 aromatic rings. The summed E-state index contributed by atoms with van der Waals surface area (Å²) in [4.78, 5) is 30.0. The number of amides is 1. The normalized spacial score (nSPS) is 13.4. The van der Waals surface area contributed by atoms with Gasteiger partial charge in [-0.1, -0.05) is 71.2 Å². The summed E-state index contributed by atoms with van der Waals surface area (Å²) < 4.78 is 12.8. The molecule has 0 spiro atoms. The maximum absolute atomic E-state index is 13.5. The molecule has 1 aliphatic rings. The van der Waals surface area contributed by atoms with Crippen LogP contribution in [0.15, 0.2) is 55.1 Å². The van der Waals surface area contributed by atoms with Gasteiger partial charge in [-0.2, -0.15) is 0 Å². The quantitative estimate of drug-likeness (QED) is 0.320. The standard InChI is InChI=1S/C30H37N3O4/c1-5-6-7-9-22(23-10-8-11-26-29(23)37-20-36-26)18-27(34)32-25-16-21(12-13-24(25)30(2,3)4)17-28(35)33-15-14-31-19-33/h8,10-16,19,22H,5-7,9,17-18,20H2,1-4H3,(H,32,34). The van der Waals surface area contributed by atoms with Crippen molar-refractivity contribution in [2.45, 2.75) is 77.6 Å². The van der Waals surface area contributed by atoms with E-state index in [2.05, 4.69) is 38.0 Å². The van der Waals surface area contributed by atoms with Crippen molar-refractivity contribution in [1.82, 2.24) is 9.55 Å². The Morgan fingerprint density at radius 1 is 1.14 bits per heavy atom. The van der Waals surface area contributed by atoms with Crippen molar-refractivity contribution in [2.24, 2.45) is 0 Å². The Labute approximate surface area is 219 Å². The number of carbonyl (C=O) groups is 2. The van der Waals surface area contributed by atoms with Gasteiger partial charge >= 0.3 is 0 Å². The number of nitrogens with one attached hydrogen (secondary N) is 1. The topological polar surface area (TPSA) is 82.5 Å². The predicted octanol–water partition coefficient (Wildman–Crippen LogP) is 6.48. The van der Waals surface area contributed by atoms with Crippen molar-refractivity contribution in [3.8, 4) is 11.5 Å². The van der Waals surface area contributed by atoms with E-state index in [0.29, 0.717) is 6.42 Å². The highest BCUT2D eigenvalue weighted by atomic mass is 16.7. The minimum atomic E-state index is -0.179. The molecule has 1 unspecified atom stereocenters. The number of imidazole rings is 1. The molecular weight excluding hydrogens is 466 g/mol. The fourth-order valence-electron chi connectivity index (χ4n) is 4.84. The third kappa shape index (κ3) is 6.59. The molecular formula is C30H37N3O4. The average molecular weight is 504 g/mol. The fourth-order valence-corrected chi connectivity index (χ4v) is 4.84. The molecule has 1 amide bonds. The summed E-state index contributed by atoms with van der Waals surface area (Å²) in [5.74, 6) is 1.39. The van der Waals surface area contributed by atoms with E-state index >= 15 is 0 Å². The Bertz CT molecular complexity index is 1230. The van der Waals surface area contributed by atoms with Crippen LogP contribution in [0.3, 0.4) is 0 Å². The van der Waals surface area contributed by atoms with E-state index in [1.165, 1.54) is 10.9 Å². The lowest BCUT2D eigenvalue weighted by atomic mass is 9.84. The first-order valence-corrected chi connectivity index (χ1v) is 13.1. The Morgan fingerprint density at radius 2 is 1.97 bits per heavy atom. The fraction of sp³-hybridized carbons (Fsp3) is 0.433. The molecule has 0 radical (unpaired) electrons. The van der Waals surface area contributed by atoms with E-state index in [1.807, 2.05) is 36.4 Å². The van der Waals surface area contributed by atoms with Crippen LogP contribution in [-0.4, -0.2) is 28.2 Å². The zero-order valence-corrected chi connectivity index (χ0v) is 22.3. The number of rotatable bonds is 10. The first-order valence-electron chi connectivity index (χ1n) is 13.1. The second-order valence-electron chi connectivity index (χ2n) is 10.7. The number of fused-ring (bicyclic) bond motifs is 1. The molecule has 0 saturated heterocycles. The predicted molar refractivity (Wildman–Crippen MR) is 144 cm³/mol. The molecule has 1 atom stereocenters. The molecule has 0 aliphatic carbocycles. The smallest absolute Gasteiger partial charge is 0.236 e. The summed E-state index contributed by atoms with van der Waals surface area (Å²) in [7, 11) is 0. The molecule has 37 heavy (non-hydrogen) atoms. The summed E-state index contributed by atoms with van der Waals surface area (Å²) in [5.41, 5.74) is 3.46. The van der Waals surface area contributed by atoms with Gasteiger partial charge in [0.15, 0.2) is 11.5 Å². The van der Waals surface area contributed by atoms with Crippen LogP contribution in [0.25, 0.3) is 0 Å². The van der Waals surface area contributed by atoms with E-state index < -0.39 is 0 Å². The number of aromatic nitrogens is 2. The SMILES string of the molecule is CCCCCC(CC(=O)Nc1cc(CC(=O)n2ccnc2)ccc1C(C)(C)C)c1cccc2c1OCO2. The van der Waals surface area contributed by atoms with E-state index in [0.717, 1.165) is 59.6 Å². The van der Waals surface area contributed by atoms with Crippen LogP contribution in [-0.2, 0) is 16.6 Å². The number of hydrogen-bond acceptors (Lipinski definition) is 5. The number of para-hydroxylation sites is 1. The second-order valence-corrected chi connectivity index (χ2v) is 10.7. The van der Waals surface area contributed by atoms with Crippen molar-refractivity contribution in [1.29, 1.82) is 0 Å². The highest BCUT2D eigenvalue weighted by Gasteiger charge is 2.26. The highest BCUT2D eigenvalue weighted by Crippen LogP contribution is 2.42. The zero-order valence-electron chi connectivity index (χ0n) is 22.3. The first-order chi connectivity index (χ1) is 17.8. The molecule has 7 nitrogen and oxygen atoms in total. The number of carbonyl (C=O) groups excluding carboxylic acids is 2. The van der Waals surface area contributed by atoms with Gasteiger partial charge in [0.05, 0.1) is 6.42 Å². The maximum atomic E-state index is 13.5. The number of ether oxygens (including phenoxy) is 2. The van der Waals surface area contributed by atoms with Gasteiger partial charge < -0.3 is 14.8 Å². The molecule has 0 fully saturated rings. The van der Waals surface area contributed by atoms with E-state index in [4.69, 9.17) is 9.47 Å². The largest absolute Gasteiger partial charge is 0.454 e. The molecule has 4 rings (SSSR count). The number of anilines is 1. The summed E-state index contributed by atoms with van der Waals surface area (Å²) in [6, 6.07) is 11.8. The Balaban J connectivity index is 1.55. The molecule has 0 saturated carbocycles. The maximum Gasteiger partial charge on any atom is 0.236 e. The van der Waals surface area contributed by atoms with Crippen molar-refractivity contribution < 1.29 is 19.1 Å². The van der Waals surface area contributed by atoms with Gasteiger partial charge in [0, 0.05) is 30.1 Å². The van der Waals surface area contributed by atoms with Crippen LogP contribution in [0.2, 0.25) is 0 Å². The molecule has 1 aromatic heterocycles. The molecule has 0 bridgehead atoms. The van der Waals surface area contributed by atoms with E-state index in [9.17, 15) is 9.59 Å². The van der Waals surface area contributed by atoms with Gasteiger partial charge in [-0.3, -0.25) is 14.2 Å². The zero-order chi connectivity index (χ0) is 26.4. The first kappa shape index (κ1) is 26.5. The molecule has 196 valence electrons. The Morgan fingerprint density at radius 3 is 2.70 bits per heavy atom. The van der Waals surface area contributed by atoms with Crippen molar-refractivity contribution >= 4 is 17.5 Å². The minimum Gasteiger partial charge on any atom is -0.454 e. The monoisotopic (exact) mass is 503 g/mol. The van der Waals surface area contributed by atoms with E-state index in [-0.39, 0.29) is 36.4 Å². The lowest BCUT2D eigenvalue weighted by molar-refractivity contribution is -0.116. The number of benzene rings is 2. The third-order valence-electron chi connectivity index (χ3n) is 6.77. The average Bonchev–Trinajstić information content (AvgIpc) is 3.55. The van der Waals surface area contributed by atoms with Gasteiger partial charge in [0.25, 0.3) is 0 Å². The van der Waals surface area contributed by atoms with Crippen molar-refractivity contribution in [3.63, 3.8) is 0 Å². The van der Waals surface area contributed by atoms with Gasteiger partial charge in [0.2, 0.25) is 18.6 Å². The van der Waals surface area contributed by atoms with Crippen LogP contribution in [0.4, 0.5) is 5.69 Å². The summed E-state index contributed by atoms with van der Waals surface area (Å²) in [6.07, 6.45) is 9.45. The molecule has 1 N–H and O–H groups in total. The molecule has 1 aliphatic heterocycles. The minimum absolute atomic E-state index is 0.0206.